The number of carbonyl (C=O) groups excluding carboxylic acids is 2. The third kappa shape index (κ3) is 4.02. The van der Waals surface area contributed by atoms with Crippen molar-refractivity contribution in [3.05, 3.63) is 65.5 Å². The van der Waals surface area contributed by atoms with E-state index in [1.165, 1.54) is 4.68 Å². The molecule has 1 aliphatic heterocycles. The van der Waals surface area contributed by atoms with Crippen LogP contribution in [-0.4, -0.2) is 55.3 Å². The molecular formula is C23H27N7O2. The fourth-order valence-corrected chi connectivity index (χ4v) is 3.85. The molecule has 0 atom stereocenters. The molecule has 0 saturated heterocycles. The van der Waals surface area contributed by atoms with E-state index in [0.29, 0.717) is 29.9 Å². The van der Waals surface area contributed by atoms with Gasteiger partial charge in [0.25, 0.3) is 11.8 Å². The van der Waals surface area contributed by atoms with Crippen molar-refractivity contribution in [1.82, 2.24) is 15.1 Å². The van der Waals surface area contributed by atoms with Crippen molar-refractivity contribution in [2.75, 3.05) is 49.3 Å². The second kappa shape index (κ2) is 9.11. The summed E-state index contributed by atoms with van der Waals surface area (Å²) in [6, 6.07) is 15.2. The van der Waals surface area contributed by atoms with Crippen LogP contribution in [0, 0.1) is 0 Å². The first kappa shape index (κ1) is 21.4. The first-order chi connectivity index (χ1) is 15.5. The molecular weight excluding hydrogens is 406 g/mol. The summed E-state index contributed by atoms with van der Waals surface area (Å²) < 4.78 is 1.52. The smallest absolute Gasteiger partial charge is 0.277 e. The zero-order chi connectivity index (χ0) is 22.7. The van der Waals surface area contributed by atoms with Crippen LogP contribution in [0.4, 0.5) is 17.1 Å². The van der Waals surface area contributed by atoms with Gasteiger partial charge in [0.05, 0.1) is 5.69 Å². The highest BCUT2D eigenvalue weighted by molar-refractivity contribution is 6.09. The van der Waals surface area contributed by atoms with E-state index >= 15 is 0 Å². The summed E-state index contributed by atoms with van der Waals surface area (Å²) in [6.45, 7) is 2.11. The summed E-state index contributed by atoms with van der Waals surface area (Å²) in [4.78, 5) is 27.3. The van der Waals surface area contributed by atoms with Gasteiger partial charge >= 0.3 is 0 Å². The van der Waals surface area contributed by atoms with Crippen LogP contribution in [0.5, 0.6) is 0 Å². The first-order valence-electron chi connectivity index (χ1n) is 10.5. The number of amides is 2. The van der Waals surface area contributed by atoms with Gasteiger partial charge in [0.15, 0.2) is 5.69 Å². The summed E-state index contributed by atoms with van der Waals surface area (Å²) in [5.41, 5.74) is 10.1. The molecule has 0 unspecified atom stereocenters. The molecule has 166 valence electrons. The molecule has 1 aliphatic rings. The molecule has 9 nitrogen and oxygen atoms in total. The van der Waals surface area contributed by atoms with Crippen molar-refractivity contribution < 1.29 is 9.59 Å². The number of anilines is 3. The van der Waals surface area contributed by atoms with Gasteiger partial charge in [-0.3, -0.25) is 9.59 Å². The molecule has 4 rings (SSSR count). The Morgan fingerprint density at radius 3 is 2.28 bits per heavy atom. The fraction of sp³-hybridized carbons (Fsp3) is 0.261. The lowest BCUT2D eigenvalue weighted by Crippen LogP contribution is -2.39. The number of rotatable bonds is 8. The predicted octanol–water partition coefficient (Wildman–Crippen LogP) is 1.85. The average Bonchev–Trinajstić information content (AvgIpc) is 3.21. The van der Waals surface area contributed by atoms with Crippen molar-refractivity contribution in [1.29, 1.82) is 0 Å². The number of hydrogen-bond donors (Lipinski definition) is 4. The maximum absolute atomic E-state index is 13.5. The maximum Gasteiger partial charge on any atom is 0.277 e. The number of nitrogens with zero attached hydrogens (tertiary/aromatic N) is 3. The van der Waals surface area contributed by atoms with Gasteiger partial charge in [0, 0.05) is 49.3 Å². The van der Waals surface area contributed by atoms with E-state index in [0.717, 1.165) is 30.2 Å². The van der Waals surface area contributed by atoms with E-state index in [4.69, 9.17) is 5.73 Å². The highest BCUT2D eigenvalue weighted by atomic mass is 16.2. The summed E-state index contributed by atoms with van der Waals surface area (Å²) in [7, 11) is 3.74. The van der Waals surface area contributed by atoms with Crippen LogP contribution < -0.4 is 26.6 Å². The number of primary amides is 1. The number of carbonyl (C=O) groups is 2. The van der Waals surface area contributed by atoms with Crippen molar-refractivity contribution in [3.8, 4) is 5.69 Å². The summed E-state index contributed by atoms with van der Waals surface area (Å²) >= 11 is 0. The lowest BCUT2D eigenvalue weighted by Gasteiger charge is -2.28. The quantitative estimate of drug-likeness (QED) is 0.403. The average molecular weight is 434 g/mol. The Labute approximate surface area is 186 Å². The highest BCUT2D eigenvalue weighted by Gasteiger charge is 2.34. The van der Waals surface area contributed by atoms with Gasteiger partial charge in [-0.1, -0.05) is 0 Å². The van der Waals surface area contributed by atoms with Crippen molar-refractivity contribution in [2.45, 2.75) is 6.42 Å². The van der Waals surface area contributed by atoms with Crippen LogP contribution in [0.2, 0.25) is 0 Å². The lowest BCUT2D eigenvalue weighted by molar-refractivity contribution is 0.0972. The first-order valence-corrected chi connectivity index (χ1v) is 10.5. The minimum absolute atomic E-state index is 0.148. The summed E-state index contributed by atoms with van der Waals surface area (Å²) in [6.07, 6.45) is 0.496. The molecule has 0 fully saturated rings. The molecule has 0 spiro atoms. The van der Waals surface area contributed by atoms with Crippen molar-refractivity contribution in [2.24, 2.45) is 5.73 Å². The largest absolute Gasteiger partial charge is 0.388 e. The monoisotopic (exact) mass is 433 g/mol. The Kier molecular flexibility index (Phi) is 6.09. The maximum atomic E-state index is 13.5. The number of fused-ring (bicyclic) bond motifs is 1. The van der Waals surface area contributed by atoms with Gasteiger partial charge < -0.3 is 26.6 Å². The van der Waals surface area contributed by atoms with Gasteiger partial charge in [0.1, 0.15) is 5.69 Å². The minimum atomic E-state index is -0.634. The normalized spacial score (nSPS) is 13.1. The van der Waals surface area contributed by atoms with Crippen LogP contribution in [0.15, 0.2) is 48.5 Å². The number of likely N-dealkylation sites (N-methyl/N-ethyl adjacent to an activating group) is 1. The molecule has 5 N–H and O–H groups in total. The number of nitrogens with one attached hydrogen (secondary N) is 3. The molecule has 2 aromatic carbocycles. The number of hydrogen-bond acceptors (Lipinski definition) is 6. The zero-order valence-electron chi connectivity index (χ0n) is 18.2. The molecule has 3 aromatic rings. The molecule has 2 heterocycles. The molecule has 9 heteroatoms. The van der Waals surface area contributed by atoms with Crippen LogP contribution in [-0.2, 0) is 6.42 Å². The van der Waals surface area contributed by atoms with Gasteiger partial charge in [-0.2, -0.15) is 5.10 Å². The van der Waals surface area contributed by atoms with Crippen LogP contribution in [0.1, 0.15) is 26.5 Å². The van der Waals surface area contributed by atoms with Crippen LogP contribution in [0.25, 0.3) is 5.69 Å². The molecule has 32 heavy (non-hydrogen) atoms. The standard InChI is InChI=1S/C23H27N7O2/c1-25-12-13-27-16-5-7-17(8-6-16)29-14-11-19-20(22(24)31)28-30(21(19)23(29)32)18-9-3-15(26-2)4-10-18/h3-10,25-27H,11-14H2,1-2H3,(H2,24,31). The van der Waals surface area contributed by atoms with E-state index in [9.17, 15) is 9.59 Å². The third-order valence-electron chi connectivity index (χ3n) is 5.53. The van der Waals surface area contributed by atoms with Gasteiger partial charge in [-0.25, -0.2) is 4.68 Å². The molecule has 1 aromatic heterocycles. The Bertz CT molecular complexity index is 1120. The van der Waals surface area contributed by atoms with E-state index in [-0.39, 0.29) is 11.6 Å². The Morgan fingerprint density at radius 1 is 1.00 bits per heavy atom. The van der Waals surface area contributed by atoms with E-state index in [1.807, 2.05) is 62.6 Å². The summed E-state index contributed by atoms with van der Waals surface area (Å²) in [5.74, 6) is -0.843. The van der Waals surface area contributed by atoms with Gasteiger partial charge in [0.2, 0.25) is 0 Å². The SMILES string of the molecule is CNCCNc1ccc(N2CCc3c(C(N)=O)nn(-c4ccc(NC)cc4)c3C2=O)cc1. The molecule has 2 amide bonds. The number of nitrogens with two attached hydrogens (primary N) is 1. The van der Waals surface area contributed by atoms with Crippen LogP contribution >= 0.6 is 0 Å². The Hall–Kier alpha value is -3.85. The molecule has 0 radical (unpaired) electrons. The van der Waals surface area contributed by atoms with Crippen molar-refractivity contribution >= 4 is 28.9 Å². The Balaban J connectivity index is 1.67. The van der Waals surface area contributed by atoms with E-state index in [2.05, 4.69) is 21.0 Å². The van der Waals surface area contributed by atoms with Crippen molar-refractivity contribution in [3.63, 3.8) is 0 Å². The Morgan fingerprint density at radius 2 is 1.66 bits per heavy atom. The number of aromatic nitrogens is 2. The summed E-state index contributed by atoms with van der Waals surface area (Å²) in [5, 5.41) is 13.9. The van der Waals surface area contributed by atoms with Gasteiger partial charge in [-0.05, 0) is 62.0 Å². The zero-order valence-corrected chi connectivity index (χ0v) is 18.2. The molecule has 0 aliphatic carbocycles. The topological polar surface area (TPSA) is 117 Å². The second-order valence-electron chi connectivity index (χ2n) is 7.53. The third-order valence-corrected chi connectivity index (χ3v) is 5.53. The minimum Gasteiger partial charge on any atom is -0.388 e. The molecule has 0 bridgehead atoms. The van der Waals surface area contributed by atoms with E-state index in [1.54, 1.807) is 4.90 Å². The van der Waals surface area contributed by atoms with E-state index < -0.39 is 5.91 Å². The number of benzene rings is 2. The second-order valence-corrected chi connectivity index (χ2v) is 7.53. The fourth-order valence-electron chi connectivity index (χ4n) is 3.85. The predicted molar refractivity (Wildman–Crippen MR) is 126 cm³/mol. The van der Waals surface area contributed by atoms with Crippen LogP contribution in [0.3, 0.4) is 0 Å². The highest BCUT2D eigenvalue weighted by Crippen LogP contribution is 2.29. The lowest BCUT2D eigenvalue weighted by atomic mass is 10.0. The van der Waals surface area contributed by atoms with Gasteiger partial charge in [-0.15, -0.1) is 0 Å². The molecule has 0 saturated carbocycles.